The van der Waals surface area contributed by atoms with Crippen molar-refractivity contribution in [3.05, 3.63) is 0 Å². The molecule has 0 aromatic carbocycles. The van der Waals surface area contributed by atoms with Crippen LogP contribution in [0.1, 0.15) is 45.4 Å². The van der Waals surface area contributed by atoms with Gasteiger partial charge < -0.3 is 10.0 Å². The molecule has 1 saturated carbocycles. The van der Waals surface area contributed by atoms with Crippen LogP contribution in [0.5, 0.6) is 0 Å². The summed E-state index contributed by atoms with van der Waals surface area (Å²) < 4.78 is 0. The van der Waals surface area contributed by atoms with Gasteiger partial charge in [-0.15, -0.1) is 0 Å². The number of carboxylic acids is 1. The van der Waals surface area contributed by atoms with E-state index in [1.807, 2.05) is 6.92 Å². The molecule has 4 nitrogen and oxygen atoms in total. The van der Waals surface area contributed by atoms with Crippen molar-refractivity contribution in [2.75, 3.05) is 6.54 Å². The highest BCUT2D eigenvalue weighted by Gasteiger charge is 2.38. The smallest absolute Gasteiger partial charge is 0.308 e. The van der Waals surface area contributed by atoms with Gasteiger partial charge in [0.2, 0.25) is 5.91 Å². The van der Waals surface area contributed by atoms with Gasteiger partial charge in [0.05, 0.1) is 5.92 Å². The van der Waals surface area contributed by atoms with E-state index in [1.54, 1.807) is 4.90 Å². The van der Waals surface area contributed by atoms with Crippen molar-refractivity contribution in [1.29, 1.82) is 0 Å². The third-order valence-corrected chi connectivity index (χ3v) is 4.33. The summed E-state index contributed by atoms with van der Waals surface area (Å²) >= 11 is 0. The fraction of sp³-hybridized carbons (Fsp3) is 0.846. The maximum absolute atomic E-state index is 12.1. The van der Waals surface area contributed by atoms with Crippen LogP contribution in [0.3, 0.4) is 0 Å². The van der Waals surface area contributed by atoms with Gasteiger partial charge in [-0.25, -0.2) is 0 Å². The molecule has 0 spiro atoms. The van der Waals surface area contributed by atoms with Gasteiger partial charge in [0.15, 0.2) is 0 Å². The largest absolute Gasteiger partial charge is 0.481 e. The number of aliphatic carboxylic acids is 1. The summed E-state index contributed by atoms with van der Waals surface area (Å²) in [5.41, 5.74) is 0. The lowest BCUT2D eigenvalue weighted by Gasteiger charge is -2.24. The molecule has 2 rings (SSSR count). The first-order valence-corrected chi connectivity index (χ1v) is 6.62. The van der Waals surface area contributed by atoms with Crippen LogP contribution in [0.2, 0.25) is 0 Å². The lowest BCUT2D eigenvalue weighted by Crippen LogP contribution is -2.38. The molecular formula is C13H21NO3. The molecule has 2 aliphatic rings. The molecule has 0 bridgehead atoms. The fourth-order valence-electron chi connectivity index (χ4n) is 3.20. The summed E-state index contributed by atoms with van der Waals surface area (Å²) in [5.74, 6) is -0.442. The Labute approximate surface area is 102 Å². The second-order valence-electron chi connectivity index (χ2n) is 5.42. The van der Waals surface area contributed by atoms with Crippen molar-refractivity contribution in [2.24, 2.45) is 11.8 Å². The zero-order chi connectivity index (χ0) is 12.4. The molecule has 0 aromatic heterocycles. The van der Waals surface area contributed by atoms with Crippen molar-refractivity contribution in [3.63, 3.8) is 0 Å². The van der Waals surface area contributed by atoms with Gasteiger partial charge in [0.25, 0.3) is 0 Å². The summed E-state index contributed by atoms with van der Waals surface area (Å²) in [5, 5.41) is 9.03. The quantitative estimate of drug-likeness (QED) is 0.818. The first-order valence-electron chi connectivity index (χ1n) is 6.62. The minimum atomic E-state index is -0.770. The molecule has 4 heteroatoms. The van der Waals surface area contributed by atoms with E-state index in [2.05, 4.69) is 0 Å². The summed E-state index contributed by atoms with van der Waals surface area (Å²) in [4.78, 5) is 24.9. The van der Waals surface area contributed by atoms with E-state index in [1.165, 1.54) is 12.8 Å². The van der Waals surface area contributed by atoms with Crippen LogP contribution in [-0.4, -0.2) is 34.5 Å². The number of nitrogens with zero attached hydrogens (tertiary/aromatic N) is 1. The van der Waals surface area contributed by atoms with Crippen LogP contribution < -0.4 is 0 Å². The molecule has 1 N–H and O–H groups in total. The van der Waals surface area contributed by atoms with E-state index in [0.717, 1.165) is 12.8 Å². The lowest BCUT2D eigenvalue weighted by atomic mass is 10.0. The number of likely N-dealkylation sites (tertiary alicyclic amines) is 1. The molecule has 1 aliphatic heterocycles. The topological polar surface area (TPSA) is 57.6 Å². The number of hydrogen-bond donors (Lipinski definition) is 1. The molecule has 2 atom stereocenters. The van der Waals surface area contributed by atoms with E-state index < -0.39 is 5.97 Å². The molecule has 0 aromatic rings. The molecule has 1 saturated heterocycles. The molecule has 1 heterocycles. The molecule has 2 fully saturated rings. The third-order valence-electron chi connectivity index (χ3n) is 4.33. The van der Waals surface area contributed by atoms with Gasteiger partial charge >= 0.3 is 5.97 Å². The van der Waals surface area contributed by atoms with Crippen LogP contribution >= 0.6 is 0 Å². The minimum absolute atomic E-state index is 0.138. The monoisotopic (exact) mass is 239 g/mol. The van der Waals surface area contributed by atoms with Crippen molar-refractivity contribution < 1.29 is 14.7 Å². The highest BCUT2D eigenvalue weighted by Crippen LogP contribution is 2.30. The van der Waals surface area contributed by atoms with E-state index in [-0.39, 0.29) is 17.9 Å². The molecule has 1 aliphatic carbocycles. The number of carbonyl (C=O) groups excluding carboxylic acids is 1. The van der Waals surface area contributed by atoms with Gasteiger partial charge in [-0.05, 0) is 32.1 Å². The van der Waals surface area contributed by atoms with E-state index in [0.29, 0.717) is 25.3 Å². The molecule has 2 unspecified atom stereocenters. The Balaban J connectivity index is 1.89. The number of amides is 1. The Bertz CT molecular complexity index is 310. The highest BCUT2D eigenvalue weighted by molar-refractivity contribution is 5.79. The summed E-state index contributed by atoms with van der Waals surface area (Å²) in [7, 11) is 0. The van der Waals surface area contributed by atoms with E-state index in [4.69, 9.17) is 5.11 Å². The lowest BCUT2D eigenvalue weighted by molar-refractivity contribution is -0.143. The van der Waals surface area contributed by atoms with E-state index >= 15 is 0 Å². The number of carbonyl (C=O) groups is 2. The zero-order valence-electron chi connectivity index (χ0n) is 10.4. The number of carboxylic acid groups (broad SMARTS) is 1. The second-order valence-corrected chi connectivity index (χ2v) is 5.42. The standard InChI is InChI=1S/C13H21NO3/c1-9-11(13(16)17)6-7-14(9)12(15)8-10-4-2-3-5-10/h9-11H,2-8H2,1H3,(H,16,17). The maximum Gasteiger partial charge on any atom is 0.308 e. The van der Waals surface area contributed by atoms with Gasteiger partial charge in [-0.1, -0.05) is 12.8 Å². The summed E-state index contributed by atoms with van der Waals surface area (Å²) in [6, 6.07) is -0.138. The van der Waals surface area contributed by atoms with Gasteiger partial charge in [0, 0.05) is 19.0 Å². The molecule has 96 valence electrons. The Morgan fingerprint density at radius 3 is 2.41 bits per heavy atom. The van der Waals surface area contributed by atoms with Crippen LogP contribution in [0.15, 0.2) is 0 Å². The summed E-state index contributed by atoms with van der Waals surface area (Å²) in [6.07, 6.45) is 6.03. The van der Waals surface area contributed by atoms with Crippen LogP contribution in [0, 0.1) is 11.8 Å². The maximum atomic E-state index is 12.1. The Hall–Kier alpha value is -1.06. The minimum Gasteiger partial charge on any atom is -0.481 e. The summed E-state index contributed by atoms with van der Waals surface area (Å²) in [6.45, 7) is 2.47. The number of rotatable bonds is 3. The van der Waals surface area contributed by atoms with Gasteiger partial charge in [-0.2, -0.15) is 0 Å². The Morgan fingerprint density at radius 2 is 1.88 bits per heavy atom. The van der Waals surface area contributed by atoms with Crippen molar-refractivity contribution in [3.8, 4) is 0 Å². The first-order chi connectivity index (χ1) is 8.09. The molecule has 0 radical (unpaired) electrons. The van der Waals surface area contributed by atoms with Gasteiger partial charge in [0.1, 0.15) is 0 Å². The highest BCUT2D eigenvalue weighted by atomic mass is 16.4. The van der Waals surface area contributed by atoms with Crippen LogP contribution in [-0.2, 0) is 9.59 Å². The van der Waals surface area contributed by atoms with Crippen LogP contribution in [0.4, 0.5) is 0 Å². The Kier molecular flexibility index (Phi) is 3.69. The van der Waals surface area contributed by atoms with Crippen molar-refractivity contribution in [2.45, 2.75) is 51.5 Å². The normalized spacial score (nSPS) is 29.8. The third kappa shape index (κ3) is 2.61. The van der Waals surface area contributed by atoms with Crippen molar-refractivity contribution in [1.82, 2.24) is 4.90 Å². The molecular weight excluding hydrogens is 218 g/mol. The van der Waals surface area contributed by atoms with Gasteiger partial charge in [-0.3, -0.25) is 9.59 Å². The van der Waals surface area contributed by atoms with Crippen molar-refractivity contribution >= 4 is 11.9 Å². The molecule has 17 heavy (non-hydrogen) atoms. The average Bonchev–Trinajstić information content (AvgIpc) is 2.86. The van der Waals surface area contributed by atoms with E-state index in [9.17, 15) is 9.59 Å². The SMILES string of the molecule is CC1C(C(=O)O)CCN1C(=O)CC1CCCC1. The number of hydrogen-bond acceptors (Lipinski definition) is 2. The molecule has 1 amide bonds. The predicted octanol–water partition coefficient (Wildman–Crippen LogP) is 1.89. The van der Waals surface area contributed by atoms with Crippen LogP contribution in [0.25, 0.3) is 0 Å². The zero-order valence-corrected chi connectivity index (χ0v) is 10.4. The average molecular weight is 239 g/mol. The predicted molar refractivity (Wildman–Crippen MR) is 63.5 cm³/mol. The first kappa shape index (κ1) is 12.4. The Morgan fingerprint density at radius 1 is 1.24 bits per heavy atom. The fourth-order valence-corrected chi connectivity index (χ4v) is 3.20. The second kappa shape index (κ2) is 5.07.